The van der Waals surface area contributed by atoms with E-state index in [1.54, 1.807) is 13.2 Å². The number of rotatable bonds is 7. The molecule has 3 aromatic rings. The Balaban J connectivity index is 1.57. The number of methoxy groups -OCH3 is 1. The molecule has 1 heterocycles. The Morgan fingerprint density at radius 3 is 2.81 bits per heavy atom. The molecule has 0 unspecified atom stereocenters. The van der Waals surface area contributed by atoms with Gasteiger partial charge in [0.05, 0.1) is 20.2 Å². The van der Waals surface area contributed by atoms with Crippen LogP contribution in [0.3, 0.4) is 0 Å². The van der Waals surface area contributed by atoms with Gasteiger partial charge in [0.2, 0.25) is 17.6 Å². The number of amides is 1. The minimum atomic E-state index is -0.135. The topological polar surface area (TPSA) is 80.5 Å². The van der Waals surface area contributed by atoms with Crippen LogP contribution in [0.5, 0.6) is 5.75 Å². The second-order valence-electron chi connectivity index (χ2n) is 6.28. The molecule has 0 aliphatic heterocycles. The molecule has 0 spiro atoms. The maximum Gasteiger partial charge on any atom is 0.241 e. The van der Waals surface area contributed by atoms with Gasteiger partial charge in [0.25, 0.3) is 0 Å². The minimum absolute atomic E-state index is 0.135. The fourth-order valence-corrected chi connectivity index (χ4v) is 2.69. The minimum Gasteiger partial charge on any atom is -0.497 e. The maximum atomic E-state index is 12.2. The highest BCUT2D eigenvalue weighted by atomic mass is 16.5. The number of hydrogen-bond acceptors (Lipinski definition) is 6. The van der Waals surface area contributed by atoms with Crippen molar-refractivity contribution in [2.75, 3.05) is 26.0 Å². The first-order valence-corrected chi connectivity index (χ1v) is 8.56. The zero-order chi connectivity index (χ0) is 19.2. The SMILES string of the molecule is COc1cccc(NC(=O)CN(C)Cc2nc(-c3ccccc3C)no2)c1. The molecule has 1 amide bonds. The maximum absolute atomic E-state index is 12.2. The molecule has 0 aliphatic rings. The first-order chi connectivity index (χ1) is 13.0. The summed E-state index contributed by atoms with van der Waals surface area (Å²) < 4.78 is 10.5. The van der Waals surface area contributed by atoms with Gasteiger partial charge in [-0.25, -0.2) is 0 Å². The van der Waals surface area contributed by atoms with E-state index in [2.05, 4.69) is 15.5 Å². The lowest BCUT2D eigenvalue weighted by Crippen LogP contribution is -2.29. The van der Waals surface area contributed by atoms with Crippen molar-refractivity contribution in [2.45, 2.75) is 13.5 Å². The van der Waals surface area contributed by atoms with Crippen LogP contribution >= 0.6 is 0 Å². The average Bonchev–Trinajstić information content (AvgIpc) is 3.10. The van der Waals surface area contributed by atoms with E-state index < -0.39 is 0 Å². The summed E-state index contributed by atoms with van der Waals surface area (Å²) in [7, 11) is 3.41. The second kappa shape index (κ2) is 8.46. The van der Waals surface area contributed by atoms with Crippen molar-refractivity contribution in [1.29, 1.82) is 0 Å². The highest BCUT2D eigenvalue weighted by molar-refractivity contribution is 5.92. The van der Waals surface area contributed by atoms with Crippen LogP contribution in [0.25, 0.3) is 11.4 Å². The van der Waals surface area contributed by atoms with Crippen molar-refractivity contribution in [2.24, 2.45) is 0 Å². The van der Waals surface area contributed by atoms with E-state index in [0.29, 0.717) is 29.7 Å². The molecule has 140 valence electrons. The Morgan fingerprint density at radius 1 is 1.22 bits per heavy atom. The fourth-order valence-electron chi connectivity index (χ4n) is 2.69. The number of aromatic nitrogens is 2. The number of hydrogen-bond donors (Lipinski definition) is 1. The molecule has 0 atom stereocenters. The van der Waals surface area contributed by atoms with Gasteiger partial charge >= 0.3 is 0 Å². The van der Waals surface area contributed by atoms with Gasteiger partial charge in [-0.15, -0.1) is 0 Å². The van der Waals surface area contributed by atoms with Crippen LogP contribution in [0.15, 0.2) is 53.1 Å². The van der Waals surface area contributed by atoms with Crippen LogP contribution in [0.4, 0.5) is 5.69 Å². The summed E-state index contributed by atoms with van der Waals surface area (Å²) in [6.45, 7) is 2.57. The zero-order valence-electron chi connectivity index (χ0n) is 15.6. The Morgan fingerprint density at radius 2 is 2.04 bits per heavy atom. The molecule has 1 aromatic heterocycles. The summed E-state index contributed by atoms with van der Waals surface area (Å²) in [5.41, 5.74) is 2.70. The largest absolute Gasteiger partial charge is 0.497 e. The molecule has 0 fully saturated rings. The van der Waals surface area contributed by atoms with Crippen molar-refractivity contribution in [3.05, 3.63) is 60.0 Å². The number of likely N-dealkylation sites (N-methyl/N-ethyl adjacent to an activating group) is 1. The molecule has 27 heavy (non-hydrogen) atoms. The molecule has 0 saturated carbocycles. The van der Waals surface area contributed by atoms with Gasteiger partial charge in [0.15, 0.2) is 0 Å². The summed E-state index contributed by atoms with van der Waals surface area (Å²) in [4.78, 5) is 18.5. The molecule has 1 N–H and O–H groups in total. The number of aryl methyl sites for hydroxylation is 1. The van der Waals surface area contributed by atoms with Gasteiger partial charge in [-0.2, -0.15) is 4.98 Å². The molecule has 0 saturated heterocycles. The number of carbonyl (C=O) groups is 1. The number of ether oxygens (including phenoxy) is 1. The summed E-state index contributed by atoms with van der Waals surface area (Å²) in [6, 6.07) is 15.1. The van der Waals surface area contributed by atoms with E-state index in [1.807, 2.05) is 61.3 Å². The fraction of sp³-hybridized carbons (Fsp3) is 0.250. The van der Waals surface area contributed by atoms with Crippen LogP contribution in [0.1, 0.15) is 11.5 Å². The van der Waals surface area contributed by atoms with Crippen LogP contribution in [-0.4, -0.2) is 41.6 Å². The lowest BCUT2D eigenvalue weighted by molar-refractivity contribution is -0.117. The van der Waals surface area contributed by atoms with Gasteiger partial charge in [0, 0.05) is 17.3 Å². The predicted molar refractivity (Wildman–Crippen MR) is 102 cm³/mol. The van der Waals surface area contributed by atoms with Gasteiger partial charge in [0.1, 0.15) is 5.75 Å². The van der Waals surface area contributed by atoms with Gasteiger partial charge in [-0.3, -0.25) is 9.69 Å². The normalized spacial score (nSPS) is 10.8. The molecule has 0 radical (unpaired) electrons. The zero-order valence-corrected chi connectivity index (χ0v) is 15.6. The molecule has 2 aromatic carbocycles. The Hall–Kier alpha value is -3.19. The molecular weight excluding hydrogens is 344 g/mol. The third-order valence-electron chi connectivity index (χ3n) is 4.03. The van der Waals surface area contributed by atoms with Crippen LogP contribution in [0, 0.1) is 6.92 Å². The Labute approximate surface area is 158 Å². The molecular formula is C20H22N4O3. The van der Waals surface area contributed by atoms with E-state index >= 15 is 0 Å². The van der Waals surface area contributed by atoms with E-state index in [-0.39, 0.29) is 12.5 Å². The summed E-state index contributed by atoms with van der Waals surface area (Å²) in [5.74, 6) is 1.57. The molecule has 0 bridgehead atoms. The van der Waals surface area contributed by atoms with Crippen LogP contribution < -0.4 is 10.1 Å². The second-order valence-corrected chi connectivity index (χ2v) is 6.28. The van der Waals surface area contributed by atoms with Crippen molar-refractivity contribution >= 4 is 11.6 Å². The average molecular weight is 366 g/mol. The van der Waals surface area contributed by atoms with Gasteiger partial charge in [-0.1, -0.05) is 35.5 Å². The lowest BCUT2D eigenvalue weighted by atomic mass is 10.1. The third kappa shape index (κ3) is 4.92. The quantitative estimate of drug-likeness (QED) is 0.692. The predicted octanol–water partition coefficient (Wildman–Crippen LogP) is 3.12. The molecule has 3 rings (SSSR count). The summed E-state index contributed by atoms with van der Waals surface area (Å²) >= 11 is 0. The van der Waals surface area contributed by atoms with Crippen molar-refractivity contribution in [3.63, 3.8) is 0 Å². The van der Waals surface area contributed by atoms with Crippen LogP contribution in [-0.2, 0) is 11.3 Å². The first kappa shape index (κ1) is 18.6. The monoisotopic (exact) mass is 366 g/mol. The number of anilines is 1. The van der Waals surface area contributed by atoms with Crippen molar-refractivity contribution in [3.8, 4) is 17.1 Å². The van der Waals surface area contributed by atoms with E-state index in [0.717, 1.165) is 11.1 Å². The first-order valence-electron chi connectivity index (χ1n) is 8.56. The molecule has 0 aliphatic carbocycles. The number of benzene rings is 2. The summed E-state index contributed by atoms with van der Waals surface area (Å²) in [5, 5.41) is 6.88. The van der Waals surface area contributed by atoms with Gasteiger partial charge < -0.3 is 14.6 Å². The number of nitrogens with zero attached hydrogens (tertiary/aromatic N) is 3. The highest BCUT2D eigenvalue weighted by Gasteiger charge is 2.14. The Kier molecular flexibility index (Phi) is 5.83. The van der Waals surface area contributed by atoms with Crippen molar-refractivity contribution in [1.82, 2.24) is 15.0 Å². The smallest absolute Gasteiger partial charge is 0.241 e. The molecule has 7 nitrogen and oxygen atoms in total. The highest BCUT2D eigenvalue weighted by Crippen LogP contribution is 2.20. The Bertz CT molecular complexity index is 923. The number of carbonyl (C=O) groups excluding carboxylic acids is 1. The summed E-state index contributed by atoms with van der Waals surface area (Å²) in [6.07, 6.45) is 0. The van der Waals surface area contributed by atoms with E-state index in [4.69, 9.17) is 9.26 Å². The van der Waals surface area contributed by atoms with Crippen molar-refractivity contribution < 1.29 is 14.1 Å². The molecule has 7 heteroatoms. The van der Waals surface area contributed by atoms with Crippen LogP contribution in [0.2, 0.25) is 0 Å². The van der Waals surface area contributed by atoms with E-state index in [9.17, 15) is 4.79 Å². The van der Waals surface area contributed by atoms with Gasteiger partial charge in [-0.05, 0) is 31.7 Å². The lowest BCUT2D eigenvalue weighted by Gasteiger charge is -2.14. The van der Waals surface area contributed by atoms with E-state index in [1.165, 1.54) is 0 Å². The third-order valence-corrected chi connectivity index (χ3v) is 4.03. The standard InChI is InChI=1S/C20H22N4O3/c1-14-7-4-5-10-17(14)20-22-19(27-23-20)13-24(2)12-18(25)21-15-8-6-9-16(11-15)26-3/h4-11H,12-13H2,1-3H3,(H,21,25). The number of nitrogens with one attached hydrogen (secondary N) is 1.